The average Bonchev–Trinajstić information content (AvgIpc) is 3.13. The van der Waals surface area contributed by atoms with E-state index in [4.69, 9.17) is 23.1 Å². The van der Waals surface area contributed by atoms with Gasteiger partial charge in [-0.1, -0.05) is 42.0 Å². The standard InChI is InChI=1S/C22H26ClN5O/c1-14-4-6-15(7-5-14)16-8-9-17-12-20(28-19(17)11-16)21(29)27-13-18(23)3-2-10-26-22(24)25/h4-9,11,18H,2-3,10,12-13H2,1H3,(H,27,29)(H4,24,25,26)/t18-/m0/s1. The van der Waals surface area contributed by atoms with Crippen LogP contribution in [-0.2, 0) is 11.2 Å². The Hall–Kier alpha value is -2.86. The van der Waals surface area contributed by atoms with Crippen molar-refractivity contribution in [3.05, 3.63) is 53.6 Å². The van der Waals surface area contributed by atoms with Gasteiger partial charge in [0, 0.05) is 19.5 Å². The summed E-state index contributed by atoms with van der Waals surface area (Å²) in [4.78, 5) is 20.9. The molecule has 2 aromatic rings. The molecule has 1 aliphatic heterocycles. The van der Waals surface area contributed by atoms with Crippen LogP contribution in [0.5, 0.6) is 0 Å². The topological polar surface area (TPSA) is 106 Å². The Morgan fingerprint density at radius 1 is 1.21 bits per heavy atom. The molecule has 0 saturated heterocycles. The Labute approximate surface area is 176 Å². The molecule has 7 heteroatoms. The van der Waals surface area contributed by atoms with Crippen molar-refractivity contribution in [2.45, 2.75) is 31.6 Å². The Morgan fingerprint density at radius 2 is 1.93 bits per heavy atom. The van der Waals surface area contributed by atoms with Crippen LogP contribution in [0.25, 0.3) is 11.1 Å². The van der Waals surface area contributed by atoms with Crippen molar-refractivity contribution in [3.63, 3.8) is 0 Å². The lowest BCUT2D eigenvalue weighted by molar-refractivity contribution is -0.114. The average molecular weight is 412 g/mol. The third-order valence-corrected chi connectivity index (χ3v) is 5.17. The van der Waals surface area contributed by atoms with Gasteiger partial charge in [0.05, 0.1) is 11.1 Å². The van der Waals surface area contributed by atoms with Crippen molar-refractivity contribution in [3.8, 4) is 11.1 Å². The molecule has 1 atom stereocenters. The van der Waals surface area contributed by atoms with Crippen molar-refractivity contribution in [2.75, 3.05) is 13.1 Å². The highest BCUT2D eigenvalue weighted by Gasteiger charge is 2.21. The summed E-state index contributed by atoms with van der Waals surface area (Å²) in [6.07, 6.45) is 2.01. The van der Waals surface area contributed by atoms with E-state index < -0.39 is 0 Å². The van der Waals surface area contributed by atoms with E-state index in [9.17, 15) is 4.79 Å². The molecule has 152 valence electrons. The van der Waals surface area contributed by atoms with Gasteiger partial charge in [-0.25, -0.2) is 4.99 Å². The first kappa shape index (κ1) is 20.9. The highest BCUT2D eigenvalue weighted by Crippen LogP contribution is 2.32. The normalized spacial score (nSPS) is 13.4. The number of aryl methyl sites for hydroxylation is 1. The Balaban J connectivity index is 1.55. The summed E-state index contributed by atoms with van der Waals surface area (Å²) in [5, 5.41) is 2.70. The van der Waals surface area contributed by atoms with E-state index in [1.54, 1.807) is 0 Å². The smallest absolute Gasteiger partial charge is 0.266 e. The number of hydrogen-bond donors (Lipinski definition) is 3. The van der Waals surface area contributed by atoms with Crippen molar-refractivity contribution >= 4 is 34.9 Å². The molecule has 0 unspecified atom stereocenters. The maximum atomic E-state index is 12.5. The third-order valence-electron chi connectivity index (χ3n) is 4.80. The lowest BCUT2D eigenvalue weighted by Crippen LogP contribution is -2.35. The minimum absolute atomic E-state index is 0.0776. The molecule has 1 aliphatic rings. The molecule has 0 aliphatic carbocycles. The number of fused-ring (bicyclic) bond motifs is 1. The minimum Gasteiger partial charge on any atom is -0.370 e. The van der Waals surface area contributed by atoms with Crippen LogP contribution in [0.4, 0.5) is 5.69 Å². The molecule has 0 saturated carbocycles. The van der Waals surface area contributed by atoms with E-state index in [1.807, 2.05) is 12.1 Å². The predicted molar refractivity (Wildman–Crippen MR) is 120 cm³/mol. The molecule has 0 radical (unpaired) electrons. The number of guanidine groups is 1. The summed E-state index contributed by atoms with van der Waals surface area (Å²) in [6, 6.07) is 14.5. The van der Waals surface area contributed by atoms with E-state index in [2.05, 4.69) is 52.6 Å². The Kier molecular flexibility index (Phi) is 6.88. The number of alkyl halides is 1. The van der Waals surface area contributed by atoms with Crippen molar-refractivity contribution in [1.82, 2.24) is 5.32 Å². The largest absolute Gasteiger partial charge is 0.370 e. The Morgan fingerprint density at radius 3 is 2.66 bits per heavy atom. The quantitative estimate of drug-likeness (QED) is 0.269. The molecule has 0 aromatic heterocycles. The fourth-order valence-electron chi connectivity index (χ4n) is 3.17. The number of nitrogens with zero attached hydrogens (tertiary/aromatic N) is 2. The number of carbonyl (C=O) groups excluding carboxylic acids is 1. The fraction of sp³-hybridized carbons (Fsp3) is 0.318. The summed E-state index contributed by atoms with van der Waals surface area (Å²) < 4.78 is 0. The zero-order valence-electron chi connectivity index (χ0n) is 16.5. The number of rotatable bonds is 8. The predicted octanol–water partition coefficient (Wildman–Crippen LogP) is 3.07. The van der Waals surface area contributed by atoms with Gasteiger partial charge in [-0.15, -0.1) is 11.6 Å². The second-order valence-electron chi connectivity index (χ2n) is 7.20. The second kappa shape index (κ2) is 9.56. The molecule has 29 heavy (non-hydrogen) atoms. The first-order valence-corrected chi connectivity index (χ1v) is 10.1. The molecular formula is C22H26ClN5O. The molecule has 0 fully saturated rings. The van der Waals surface area contributed by atoms with E-state index in [-0.39, 0.29) is 17.2 Å². The first-order valence-electron chi connectivity index (χ1n) is 9.67. The molecule has 1 amide bonds. The van der Waals surface area contributed by atoms with E-state index in [0.717, 1.165) is 28.8 Å². The number of halogens is 1. The zero-order chi connectivity index (χ0) is 20.8. The number of aliphatic imine (C=N–C) groups is 2. The first-order chi connectivity index (χ1) is 13.9. The van der Waals surface area contributed by atoms with Gasteiger partial charge in [0.1, 0.15) is 5.71 Å². The molecular weight excluding hydrogens is 386 g/mol. The number of benzene rings is 2. The maximum absolute atomic E-state index is 12.5. The molecule has 2 aromatic carbocycles. The summed E-state index contributed by atoms with van der Waals surface area (Å²) >= 11 is 6.27. The van der Waals surface area contributed by atoms with Gasteiger partial charge in [0.25, 0.3) is 5.91 Å². The van der Waals surface area contributed by atoms with Crippen LogP contribution in [0, 0.1) is 6.92 Å². The number of carbonyl (C=O) groups is 1. The van der Waals surface area contributed by atoms with E-state index in [1.165, 1.54) is 5.56 Å². The second-order valence-corrected chi connectivity index (χ2v) is 7.82. The fourth-order valence-corrected chi connectivity index (χ4v) is 3.40. The summed E-state index contributed by atoms with van der Waals surface area (Å²) in [7, 11) is 0. The van der Waals surface area contributed by atoms with Crippen LogP contribution in [0.3, 0.4) is 0 Å². The number of amides is 1. The Bertz CT molecular complexity index is 933. The SMILES string of the molecule is Cc1ccc(-c2ccc3c(c2)N=C(C(=O)NC[C@@H](Cl)CCCN=C(N)N)C3)cc1. The van der Waals surface area contributed by atoms with Gasteiger partial charge in [-0.05, 0) is 42.5 Å². The van der Waals surface area contributed by atoms with Crippen LogP contribution >= 0.6 is 11.6 Å². The number of nitrogens with one attached hydrogen (secondary N) is 1. The molecule has 0 bridgehead atoms. The maximum Gasteiger partial charge on any atom is 0.266 e. The minimum atomic E-state index is -0.175. The molecule has 3 rings (SSSR count). The van der Waals surface area contributed by atoms with Crippen LogP contribution in [0.1, 0.15) is 24.0 Å². The monoisotopic (exact) mass is 411 g/mol. The third kappa shape index (κ3) is 5.81. The highest BCUT2D eigenvalue weighted by atomic mass is 35.5. The van der Waals surface area contributed by atoms with Crippen LogP contribution in [-0.4, -0.2) is 36.0 Å². The van der Waals surface area contributed by atoms with Crippen LogP contribution in [0.2, 0.25) is 0 Å². The van der Waals surface area contributed by atoms with Gasteiger partial charge in [0.15, 0.2) is 5.96 Å². The molecule has 1 heterocycles. The lowest BCUT2D eigenvalue weighted by atomic mass is 10.0. The summed E-state index contributed by atoms with van der Waals surface area (Å²) in [6.45, 7) is 2.98. The van der Waals surface area contributed by atoms with E-state index >= 15 is 0 Å². The summed E-state index contributed by atoms with van der Waals surface area (Å²) in [5.74, 6) is -0.0956. The highest BCUT2D eigenvalue weighted by molar-refractivity contribution is 6.41. The zero-order valence-corrected chi connectivity index (χ0v) is 17.2. The van der Waals surface area contributed by atoms with Crippen molar-refractivity contribution < 1.29 is 4.79 Å². The van der Waals surface area contributed by atoms with Crippen LogP contribution < -0.4 is 16.8 Å². The van der Waals surface area contributed by atoms with Crippen LogP contribution in [0.15, 0.2) is 52.4 Å². The van der Waals surface area contributed by atoms with E-state index in [0.29, 0.717) is 31.6 Å². The number of hydrogen-bond acceptors (Lipinski definition) is 3. The number of nitrogens with two attached hydrogens (primary N) is 2. The molecule has 0 spiro atoms. The van der Waals surface area contributed by atoms with Gasteiger partial charge in [-0.2, -0.15) is 0 Å². The summed E-state index contributed by atoms with van der Waals surface area (Å²) in [5.41, 5.74) is 16.5. The van der Waals surface area contributed by atoms with Gasteiger partial charge < -0.3 is 16.8 Å². The molecule has 6 nitrogen and oxygen atoms in total. The lowest BCUT2D eigenvalue weighted by Gasteiger charge is -2.10. The van der Waals surface area contributed by atoms with Crippen molar-refractivity contribution in [1.29, 1.82) is 0 Å². The van der Waals surface area contributed by atoms with Gasteiger partial charge >= 0.3 is 0 Å². The van der Waals surface area contributed by atoms with Gasteiger partial charge in [0.2, 0.25) is 0 Å². The van der Waals surface area contributed by atoms with Gasteiger partial charge in [-0.3, -0.25) is 9.79 Å². The van der Waals surface area contributed by atoms with Crippen molar-refractivity contribution in [2.24, 2.45) is 21.5 Å². The molecule has 5 N–H and O–H groups in total.